The van der Waals surface area contributed by atoms with Gasteiger partial charge in [0.15, 0.2) is 6.29 Å². The van der Waals surface area contributed by atoms with E-state index in [4.69, 9.17) is 9.47 Å². The van der Waals surface area contributed by atoms with Crippen LogP contribution in [0.5, 0.6) is 0 Å². The molecule has 9 heteroatoms. The highest BCUT2D eigenvalue weighted by molar-refractivity contribution is 5.76. The molecule has 1 heterocycles. The van der Waals surface area contributed by atoms with Crippen molar-refractivity contribution in [1.82, 2.24) is 5.32 Å². The molecule has 310 valence electrons. The molecular weight excluding hydrogens is 670 g/mol. The van der Waals surface area contributed by atoms with Crippen LogP contribution in [0.3, 0.4) is 0 Å². The summed E-state index contributed by atoms with van der Waals surface area (Å²) in [5.74, 6) is -0.160. The Morgan fingerprint density at radius 2 is 1.11 bits per heavy atom. The molecule has 1 aliphatic heterocycles. The molecule has 0 aromatic carbocycles. The lowest BCUT2D eigenvalue weighted by molar-refractivity contribution is -0.302. The quantitative estimate of drug-likeness (QED) is 0.0279. The Hall–Kier alpha value is -1.59. The van der Waals surface area contributed by atoms with Crippen LogP contribution in [0.4, 0.5) is 0 Å². The van der Waals surface area contributed by atoms with Gasteiger partial charge in [-0.2, -0.15) is 0 Å². The second-order valence-corrected chi connectivity index (χ2v) is 15.1. The van der Waals surface area contributed by atoms with Crippen LogP contribution in [0, 0.1) is 0 Å². The van der Waals surface area contributed by atoms with E-state index in [2.05, 4.69) is 55.6 Å². The van der Waals surface area contributed by atoms with Gasteiger partial charge >= 0.3 is 0 Å². The second-order valence-electron chi connectivity index (χ2n) is 15.1. The molecule has 0 aliphatic carbocycles. The number of hydrogen-bond donors (Lipinski definition) is 6. The zero-order chi connectivity index (χ0) is 38.8. The zero-order valence-corrected chi connectivity index (χ0v) is 33.8. The van der Waals surface area contributed by atoms with E-state index in [0.717, 1.165) is 51.4 Å². The second kappa shape index (κ2) is 34.9. The van der Waals surface area contributed by atoms with Crippen molar-refractivity contribution in [2.24, 2.45) is 0 Å². The lowest BCUT2D eigenvalue weighted by Crippen LogP contribution is -2.60. The van der Waals surface area contributed by atoms with Gasteiger partial charge in [-0.1, -0.05) is 159 Å². The molecule has 0 spiro atoms. The van der Waals surface area contributed by atoms with E-state index in [9.17, 15) is 30.3 Å². The van der Waals surface area contributed by atoms with Crippen molar-refractivity contribution < 1.29 is 39.8 Å². The summed E-state index contributed by atoms with van der Waals surface area (Å²) >= 11 is 0. The van der Waals surface area contributed by atoms with Crippen molar-refractivity contribution in [3.63, 3.8) is 0 Å². The van der Waals surface area contributed by atoms with Crippen LogP contribution in [-0.4, -0.2) is 87.5 Å². The van der Waals surface area contributed by atoms with Gasteiger partial charge in [0.2, 0.25) is 5.91 Å². The summed E-state index contributed by atoms with van der Waals surface area (Å²) < 4.78 is 11.1. The number of unbranched alkanes of at least 4 members (excludes halogenated alkanes) is 19. The monoisotopic (exact) mass is 752 g/mol. The van der Waals surface area contributed by atoms with Crippen molar-refractivity contribution in [2.45, 2.75) is 224 Å². The highest BCUT2D eigenvalue weighted by Crippen LogP contribution is 2.23. The predicted molar refractivity (Wildman–Crippen MR) is 216 cm³/mol. The number of rotatable bonds is 35. The fraction of sp³-hybridized carbons (Fsp3) is 0.841. The van der Waals surface area contributed by atoms with Crippen molar-refractivity contribution in [3.8, 4) is 0 Å². The minimum Gasteiger partial charge on any atom is -0.394 e. The van der Waals surface area contributed by atoms with Gasteiger partial charge in [-0.05, 0) is 51.4 Å². The highest BCUT2D eigenvalue weighted by Gasteiger charge is 2.44. The van der Waals surface area contributed by atoms with Crippen LogP contribution in [0.1, 0.15) is 181 Å². The molecule has 0 aromatic rings. The van der Waals surface area contributed by atoms with Gasteiger partial charge < -0.3 is 40.3 Å². The maximum atomic E-state index is 12.8. The highest BCUT2D eigenvalue weighted by atomic mass is 16.7. The Morgan fingerprint density at radius 3 is 1.64 bits per heavy atom. The normalized spacial score (nSPS) is 22.0. The van der Waals surface area contributed by atoms with Crippen molar-refractivity contribution in [2.75, 3.05) is 13.2 Å². The Balaban J connectivity index is 2.07. The third kappa shape index (κ3) is 26.0. The molecule has 1 fully saturated rings. The van der Waals surface area contributed by atoms with Gasteiger partial charge in [-0.3, -0.25) is 4.79 Å². The van der Waals surface area contributed by atoms with E-state index in [-0.39, 0.29) is 12.5 Å². The Morgan fingerprint density at radius 1 is 0.642 bits per heavy atom. The summed E-state index contributed by atoms with van der Waals surface area (Å²) in [6.45, 7) is 3.64. The third-order valence-corrected chi connectivity index (χ3v) is 10.2. The molecule has 1 rings (SSSR count). The molecule has 53 heavy (non-hydrogen) atoms. The first-order valence-corrected chi connectivity index (χ1v) is 21.7. The zero-order valence-electron chi connectivity index (χ0n) is 33.8. The Kier molecular flexibility index (Phi) is 32.5. The molecule has 6 N–H and O–H groups in total. The summed E-state index contributed by atoms with van der Waals surface area (Å²) in [6.07, 6.45) is 35.4. The molecule has 7 unspecified atom stereocenters. The van der Waals surface area contributed by atoms with Gasteiger partial charge in [0.1, 0.15) is 24.4 Å². The molecular formula is C44H81NO8. The number of ether oxygens (including phenoxy) is 2. The van der Waals surface area contributed by atoms with Gasteiger partial charge in [0.05, 0.1) is 25.4 Å². The predicted octanol–water partition coefficient (Wildman–Crippen LogP) is 8.50. The van der Waals surface area contributed by atoms with Crippen molar-refractivity contribution >= 4 is 5.91 Å². The minimum absolute atomic E-state index is 0.144. The number of amides is 1. The molecule has 9 nitrogen and oxygen atoms in total. The summed E-state index contributed by atoms with van der Waals surface area (Å²) in [5.41, 5.74) is 0. The number of carbonyl (C=O) groups excluding carboxylic acids is 1. The van der Waals surface area contributed by atoms with E-state index in [0.29, 0.717) is 12.8 Å². The molecule has 7 atom stereocenters. The number of hydrogen-bond acceptors (Lipinski definition) is 8. The summed E-state index contributed by atoms with van der Waals surface area (Å²) in [4.78, 5) is 12.8. The maximum Gasteiger partial charge on any atom is 0.220 e. The fourth-order valence-corrected chi connectivity index (χ4v) is 6.70. The first-order valence-electron chi connectivity index (χ1n) is 21.7. The third-order valence-electron chi connectivity index (χ3n) is 10.2. The Bertz CT molecular complexity index is 925. The lowest BCUT2D eigenvalue weighted by atomic mass is 9.99. The summed E-state index contributed by atoms with van der Waals surface area (Å²) in [6, 6.07) is -0.714. The number of carbonyl (C=O) groups is 1. The lowest BCUT2D eigenvalue weighted by Gasteiger charge is -2.40. The van der Waals surface area contributed by atoms with E-state index in [1.54, 1.807) is 0 Å². The number of nitrogens with one attached hydrogen (secondary N) is 1. The summed E-state index contributed by atoms with van der Waals surface area (Å²) in [5, 5.41) is 53.5. The van der Waals surface area contributed by atoms with Crippen LogP contribution in [0.25, 0.3) is 0 Å². The van der Waals surface area contributed by atoms with E-state index in [1.165, 1.54) is 103 Å². The average Bonchev–Trinajstić information content (AvgIpc) is 3.15. The van der Waals surface area contributed by atoms with Gasteiger partial charge in [-0.25, -0.2) is 0 Å². The Labute approximate surface area is 323 Å². The first kappa shape index (κ1) is 49.4. The summed E-state index contributed by atoms with van der Waals surface area (Å²) in [7, 11) is 0. The van der Waals surface area contributed by atoms with Crippen LogP contribution in [0.15, 0.2) is 36.5 Å². The number of aliphatic hydroxyl groups is 5. The van der Waals surface area contributed by atoms with E-state index in [1.807, 2.05) is 0 Å². The average molecular weight is 752 g/mol. The van der Waals surface area contributed by atoms with Gasteiger partial charge in [0.25, 0.3) is 0 Å². The molecule has 1 saturated heterocycles. The van der Waals surface area contributed by atoms with Crippen LogP contribution < -0.4 is 5.32 Å². The molecule has 0 aromatic heterocycles. The van der Waals surface area contributed by atoms with Crippen LogP contribution in [-0.2, 0) is 14.3 Å². The molecule has 1 amide bonds. The number of aliphatic hydroxyl groups excluding tert-OH is 5. The minimum atomic E-state index is -1.55. The van der Waals surface area contributed by atoms with Crippen LogP contribution in [0.2, 0.25) is 0 Å². The molecule has 0 radical (unpaired) electrons. The van der Waals surface area contributed by atoms with Gasteiger partial charge in [0, 0.05) is 6.42 Å². The topological polar surface area (TPSA) is 149 Å². The smallest absolute Gasteiger partial charge is 0.220 e. The maximum absolute atomic E-state index is 12.8. The van der Waals surface area contributed by atoms with E-state index >= 15 is 0 Å². The van der Waals surface area contributed by atoms with Crippen LogP contribution >= 0.6 is 0 Å². The van der Waals surface area contributed by atoms with Gasteiger partial charge in [-0.15, -0.1) is 0 Å². The number of allylic oxidation sites excluding steroid dienone is 6. The van der Waals surface area contributed by atoms with Crippen molar-refractivity contribution in [3.05, 3.63) is 36.5 Å². The first-order chi connectivity index (χ1) is 25.8. The molecule has 0 bridgehead atoms. The standard InChI is InChI=1S/C44H81NO8/c1-3-5-7-8-9-10-11-12-13-14-15-16-17-18-19-20-21-22-23-24-25-26-27-28-29-30-32-34-40(48)45-37(38(47)33-31-6-4-2)36-52-44-43(51)42(50)41(49)39(35-46)53-44/h11-12,14-15,17-18,37-39,41-44,46-47,49-51H,3-10,13,16,19-36H2,1-2H3,(H,45,48)/b12-11-,15-14-,18-17-. The molecule has 1 aliphatic rings. The fourth-order valence-electron chi connectivity index (χ4n) is 6.70. The largest absolute Gasteiger partial charge is 0.394 e. The molecule has 0 saturated carbocycles. The SMILES string of the molecule is CCCCCCC/C=C\C/C=C\C/C=C\CCCCCCCCCCCCCCC(=O)NC(COC1OC(CO)C(O)C(O)C1O)C(O)CCCCC. The van der Waals surface area contributed by atoms with Crippen molar-refractivity contribution in [1.29, 1.82) is 0 Å². The van der Waals surface area contributed by atoms with E-state index < -0.39 is 49.5 Å².